The van der Waals surface area contributed by atoms with Crippen LogP contribution in [-0.2, 0) is 6.42 Å². The van der Waals surface area contributed by atoms with E-state index in [1.807, 2.05) is 6.20 Å². The molecule has 0 bridgehead atoms. The molecule has 5 nitrogen and oxygen atoms in total. The van der Waals surface area contributed by atoms with Crippen LogP contribution in [0.15, 0.2) is 24.0 Å². The van der Waals surface area contributed by atoms with Crippen LogP contribution in [0.5, 0.6) is 0 Å². The van der Waals surface area contributed by atoms with Gasteiger partial charge in [-0.25, -0.2) is 10.8 Å². The van der Waals surface area contributed by atoms with Crippen molar-refractivity contribution in [1.82, 2.24) is 19.5 Å². The minimum Gasteiger partial charge on any atom is -0.317 e. The van der Waals surface area contributed by atoms with E-state index in [9.17, 15) is 0 Å². The Kier molecular flexibility index (Phi) is 5.83. The third kappa shape index (κ3) is 4.31. The molecule has 1 atom stereocenters. The Balaban J connectivity index is 2.05. The Morgan fingerprint density at radius 1 is 1.52 bits per heavy atom. The van der Waals surface area contributed by atoms with Crippen LogP contribution >= 0.6 is 22.6 Å². The fourth-order valence-corrected chi connectivity index (χ4v) is 3.01. The number of allylic oxidation sites excluding steroid dienone is 2. The molecule has 2 heterocycles. The molecule has 0 aromatic carbocycles. The highest BCUT2D eigenvalue weighted by atomic mass is 127. The van der Waals surface area contributed by atoms with Crippen LogP contribution in [-0.4, -0.2) is 46.6 Å². The number of nitrogens with two attached hydrogens (primary N) is 1. The van der Waals surface area contributed by atoms with Gasteiger partial charge in [-0.1, -0.05) is 13.0 Å². The lowest BCUT2D eigenvalue weighted by Crippen LogP contribution is -2.33. The lowest BCUT2D eigenvalue weighted by molar-refractivity contribution is 0.310. The van der Waals surface area contributed by atoms with Crippen molar-refractivity contribution in [2.75, 3.05) is 27.2 Å². The summed E-state index contributed by atoms with van der Waals surface area (Å²) in [5, 5.41) is 1.80. The number of fused-ring (bicyclic) bond motifs is 1. The van der Waals surface area contributed by atoms with Gasteiger partial charge in [-0.05, 0) is 48.7 Å². The van der Waals surface area contributed by atoms with Crippen LogP contribution in [0.1, 0.15) is 19.2 Å². The maximum atomic E-state index is 6.09. The van der Waals surface area contributed by atoms with Gasteiger partial charge in [-0.15, -0.1) is 0 Å². The van der Waals surface area contributed by atoms with Crippen LogP contribution in [0.3, 0.4) is 0 Å². The number of rotatable bonds is 6. The van der Waals surface area contributed by atoms with Crippen molar-refractivity contribution in [2.45, 2.75) is 19.8 Å². The third-order valence-corrected chi connectivity index (χ3v) is 4.52. The lowest BCUT2D eigenvalue weighted by atomic mass is 9.92. The van der Waals surface area contributed by atoms with Crippen LogP contribution in [0.25, 0.3) is 6.20 Å². The van der Waals surface area contributed by atoms with Crippen LogP contribution in [0.2, 0.25) is 0 Å². The first-order chi connectivity index (χ1) is 10.0. The molecule has 1 aliphatic heterocycles. The second kappa shape index (κ2) is 7.42. The molecule has 0 aliphatic carbocycles. The van der Waals surface area contributed by atoms with Crippen LogP contribution in [0, 0.1) is 9.62 Å². The lowest BCUT2D eigenvalue weighted by Gasteiger charge is -2.23. The van der Waals surface area contributed by atoms with Gasteiger partial charge in [-0.2, -0.15) is 0 Å². The van der Waals surface area contributed by atoms with E-state index in [1.165, 1.54) is 5.57 Å². The van der Waals surface area contributed by atoms with Gasteiger partial charge < -0.3 is 9.91 Å². The number of aromatic nitrogens is 2. The molecule has 0 fully saturated rings. The van der Waals surface area contributed by atoms with E-state index in [1.54, 1.807) is 5.01 Å². The Hall–Kier alpha value is -0.860. The van der Waals surface area contributed by atoms with E-state index < -0.39 is 0 Å². The third-order valence-electron chi connectivity index (χ3n) is 3.72. The standard InChI is InChI=1S/C15H24IN5/c1-4-12(11-20(17)8-7-19(2)3)13-5-6-21-14(16)10-18-15(21)9-13/h5-6,10-11,13H,4,7-9,17H2,1-3H3/b12-11+. The maximum absolute atomic E-state index is 6.09. The second-order valence-corrected chi connectivity index (χ2v) is 6.72. The zero-order valence-electron chi connectivity index (χ0n) is 13.0. The van der Waals surface area contributed by atoms with Gasteiger partial charge in [0.05, 0.1) is 6.20 Å². The van der Waals surface area contributed by atoms with E-state index in [-0.39, 0.29) is 0 Å². The van der Waals surface area contributed by atoms with E-state index in [0.29, 0.717) is 5.92 Å². The molecular weight excluding hydrogens is 377 g/mol. The molecule has 6 heteroatoms. The summed E-state index contributed by atoms with van der Waals surface area (Å²) >= 11 is 2.31. The van der Waals surface area contributed by atoms with Crippen molar-refractivity contribution in [3.8, 4) is 0 Å². The Bertz CT molecular complexity index is 532. The predicted molar refractivity (Wildman–Crippen MR) is 95.3 cm³/mol. The van der Waals surface area contributed by atoms with Gasteiger partial charge >= 0.3 is 0 Å². The fraction of sp³-hybridized carbons (Fsp3) is 0.533. The molecule has 0 saturated carbocycles. The number of likely N-dealkylation sites (N-methyl/N-ethyl adjacent to an activating group) is 1. The molecule has 1 aromatic rings. The minimum absolute atomic E-state index is 0.395. The van der Waals surface area contributed by atoms with Gasteiger partial charge in [0.2, 0.25) is 0 Å². The molecule has 1 aliphatic rings. The molecular formula is C15H24IN5. The van der Waals surface area contributed by atoms with E-state index in [4.69, 9.17) is 5.84 Å². The van der Waals surface area contributed by atoms with Crippen molar-refractivity contribution in [1.29, 1.82) is 0 Å². The van der Waals surface area contributed by atoms with Gasteiger partial charge in [0, 0.05) is 37.8 Å². The quantitative estimate of drug-likeness (QED) is 0.451. The number of hydrazine groups is 1. The average molecular weight is 401 g/mol. The SMILES string of the molecule is CC/C(=C\N(N)CCN(C)C)C1C=Cn2c(I)cnc2C1. The number of imidazole rings is 1. The summed E-state index contributed by atoms with van der Waals surface area (Å²) in [5.41, 5.74) is 1.36. The first-order valence-corrected chi connectivity index (χ1v) is 8.35. The summed E-state index contributed by atoms with van der Waals surface area (Å²) in [6, 6.07) is 0. The number of halogens is 1. The topological polar surface area (TPSA) is 50.3 Å². The van der Waals surface area contributed by atoms with E-state index in [0.717, 1.165) is 35.5 Å². The van der Waals surface area contributed by atoms with Gasteiger partial charge in [0.1, 0.15) is 9.53 Å². The maximum Gasteiger partial charge on any atom is 0.114 e. The zero-order valence-corrected chi connectivity index (χ0v) is 15.1. The molecule has 0 radical (unpaired) electrons. The van der Waals surface area contributed by atoms with Crippen LogP contribution in [0.4, 0.5) is 0 Å². The van der Waals surface area contributed by atoms with Gasteiger partial charge in [-0.3, -0.25) is 4.57 Å². The van der Waals surface area contributed by atoms with Gasteiger partial charge in [0.15, 0.2) is 0 Å². The average Bonchev–Trinajstić information content (AvgIpc) is 2.83. The fourth-order valence-electron chi connectivity index (χ4n) is 2.44. The minimum atomic E-state index is 0.395. The molecule has 1 unspecified atom stereocenters. The van der Waals surface area contributed by atoms with Crippen LogP contribution < -0.4 is 5.84 Å². The number of nitrogens with zero attached hydrogens (tertiary/aromatic N) is 4. The zero-order chi connectivity index (χ0) is 15.4. The molecule has 1 aromatic heterocycles. The van der Waals surface area contributed by atoms with E-state index >= 15 is 0 Å². The van der Waals surface area contributed by atoms with E-state index in [2.05, 4.69) is 76.5 Å². The largest absolute Gasteiger partial charge is 0.317 e. The molecule has 0 saturated heterocycles. The number of hydrogen-bond acceptors (Lipinski definition) is 4. The molecule has 21 heavy (non-hydrogen) atoms. The molecule has 2 rings (SSSR count). The smallest absolute Gasteiger partial charge is 0.114 e. The van der Waals surface area contributed by atoms with Crippen molar-refractivity contribution in [2.24, 2.45) is 11.8 Å². The predicted octanol–water partition coefficient (Wildman–Crippen LogP) is 2.16. The summed E-state index contributed by atoms with van der Waals surface area (Å²) in [6.07, 6.45) is 10.4. The first kappa shape index (κ1) is 16.5. The molecule has 0 spiro atoms. The highest BCUT2D eigenvalue weighted by Crippen LogP contribution is 2.26. The normalized spacial score (nSPS) is 18.2. The first-order valence-electron chi connectivity index (χ1n) is 7.27. The van der Waals surface area contributed by atoms with Crippen molar-refractivity contribution >= 4 is 28.8 Å². The van der Waals surface area contributed by atoms with Gasteiger partial charge in [0.25, 0.3) is 0 Å². The Labute approximate surface area is 140 Å². The highest BCUT2D eigenvalue weighted by Gasteiger charge is 2.19. The summed E-state index contributed by atoms with van der Waals surface area (Å²) in [6.45, 7) is 3.97. The van der Waals surface area contributed by atoms with Crippen molar-refractivity contribution in [3.63, 3.8) is 0 Å². The summed E-state index contributed by atoms with van der Waals surface area (Å²) in [5.74, 6) is 7.61. The molecule has 0 amide bonds. The van der Waals surface area contributed by atoms with Crippen molar-refractivity contribution in [3.05, 3.63) is 33.6 Å². The Morgan fingerprint density at radius 2 is 2.29 bits per heavy atom. The molecule has 116 valence electrons. The summed E-state index contributed by atoms with van der Waals surface area (Å²) in [7, 11) is 4.12. The second-order valence-electron chi connectivity index (χ2n) is 5.62. The monoisotopic (exact) mass is 401 g/mol. The molecule has 2 N–H and O–H groups in total. The summed E-state index contributed by atoms with van der Waals surface area (Å²) < 4.78 is 3.31. The summed E-state index contributed by atoms with van der Waals surface area (Å²) in [4.78, 5) is 6.62. The number of hydrogen-bond donors (Lipinski definition) is 1. The highest BCUT2D eigenvalue weighted by molar-refractivity contribution is 14.1. The van der Waals surface area contributed by atoms with Crippen molar-refractivity contribution < 1.29 is 0 Å². The Morgan fingerprint density at radius 3 is 2.95 bits per heavy atom.